The minimum atomic E-state index is -2.70. The van der Waals surface area contributed by atoms with E-state index in [0.29, 0.717) is 54.8 Å². The molecule has 0 amide bonds. The van der Waals surface area contributed by atoms with Crippen molar-refractivity contribution in [2.45, 2.75) is 13.3 Å². The van der Waals surface area contributed by atoms with Crippen LogP contribution in [0.2, 0.25) is 0 Å². The topological polar surface area (TPSA) is 56.1 Å². The Balaban J connectivity index is 1.88. The molecule has 25 heavy (non-hydrogen) atoms. The molecule has 1 aliphatic heterocycles. The number of halogens is 2. The number of rotatable bonds is 3. The van der Waals surface area contributed by atoms with Crippen molar-refractivity contribution in [3.63, 3.8) is 0 Å². The monoisotopic (exact) mass is 345 g/mol. The van der Waals surface area contributed by atoms with Gasteiger partial charge in [-0.2, -0.15) is 4.98 Å². The van der Waals surface area contributed by atoms with Crippen molar-refractivity contribution in [2.75, 3.05) is 31.2 Å². The van der Waals surface area contributed by atoms with Gasteiger partial charge in [0.05, 0.1) is 24.2 Å². The van der Waals surface area contributed by atoms with Gasteiger partial charge in [-0.3, -0.25) is 4.57 Å². The van der Waals surface area contributed by atoms with E-state index in [1.165, 1.54) is 4.57 Å². The van der Waals surface area contributed by atoms with Gasteiger partial charge in [0.15, 0.2) is 5.82 Å². The zero-order valence-corrected chi connectivity index (χ0v) is 13.7. The van der Waals surface area contributed by atoms with E-state index in [1.54, 1.807) is 30.3 Å². The van der Waals surface area contributed by atoms with E-state index in [-0.39, 0.29) is 5.82 Å². The summed E-state index contributed by atoms with van der Waals surface area (Å²) in [5, 5.41) is 0. The van der Waals surface area contributed by atoms with Crippen LogP contribution in [-0.4, -0.2) is 45.8 Å². The van der Waals surface area contributed by atoms with Crippen LogP contribution < -0.4 is 4.90 Å². The molecule has 6 nitrogen and oxygen atoms in total. The maximum atomic E-state index is 13.6. The molecule has 2 aromatic heterocycles. The Labute approximate surface area is 143 Å². The standard InChI is InChI=1S/C17H17F2N5O/c1-11-10-14(22-17(20-11)23-6-8-25-9-7-23)24-13-5-3-2-4-12(13)21-16(24)15(18)19/h2-5,10,15H,6-9H2,1H3. The minimum absolute atomic E-state index is 0.313. The number of hydrogen-bond acceptors (Lipinski definition) is 5. The van der Waals surface area contributed by atoms with Crippen molar-refractivity contribution in [3.8, 4) is 5.82 Å². The summed E-state index contributed by atoms with van der Waals surface area (Å²) in [5.41, 5.74) is 1.83. The summed E-state index contributed by atoms with van der Waals surface area (Å²) in [6.45, 7) is 4.38. The number of benzene rings is 1. The molecular formula is C17H17F2N5O. The van der Waals surface area contributed by atoms with Crippen LogP contribution in [0, 0.1) is 6.92 Å². The number of aromatic nitrogens is 4. The second-order valence-electron chi connectivity index (χ2n) is 5.86. The van der Waals surface area contributed by atoms with E-state index < -0.39 is 6.43 Å². The number of para-hydroxylation sites is 2. The zero-order chi connectivity index (χ0) is 17.4. The van der Waals surface area contributed by atoms with Crippen LogP contribution in [0.1, 0.15) is 17.9 Å². The van der Waals surface area contributed by atoms with E-state index in [9.17, 15) is 8.78 Å². The highest BCUT2D eigenvalue weighted by atomic mass is 19.3. The highest BCUT2D eigenvalue weighted by Gasteiger charge is 2.22. The van der Waals surface area contributed by atoms with E-state index in [4.69, 9.17) is 4.74 Å². The summed E-state index contributed by atoms with van der Waals surface area (Å²) in [7, 11) is 0. The van der Waals surface area contributed by atoms with Gasteiger partial charge in [-0.25, -0.2) is 18.7 Å². The van der Waals surface area contributed by atoms with Gasteiger partial charge < -0.3 is 9.64 Å². The van der Waals surface area contributed by atoms with Crippen molar-refractivity contribution in [1.82, 2.24) is 19.5 Å². The van der Waals surface area contributed by atoms with Crippen LogP contribution in [0.4, 0.5) is 14.7 Å². The lowest BCUT2D eigenvalue weighted by Crippen LogP contribution is -2.37. The number of alkyl halides is 2. The molecular weight excluding hydrogens is 328 g/mol. The van der Waals surface area contributed by atoms with Crippen LogP contribution in [0.25, 0.3) is 16.9 Å². The molecule has 4 rings (SSSR count). The Morgan fingerprint density at radius 3 is 2.60 bits per heavy atom. The van der Waals surface area contributed by atoms with Crippen molar-refractivity contribution >= 4 is 17.0 Å². The van der Waals surface area contributed by atoms with Gasteiger partial charge in [-0.1, -0.05) is 12.1 Å². The summed E-state index contributed by atoms with van der Waals surface area (Å²) in [4.78, 5) is 15.1. The number of nitrogens with zero attached hydrogens (tertiary/aromatic N) is 5. The Morgan fingerprint density at radius 2 is 1.84 bits per heavy atom. The number of imidazole rings is 1. The summed E-state index contributed by atoms with van der Waals surface area (Å²) >= 11 is 0. The average Bonchev–Trinajstić information content (AvgIpc) is 3.02. The van der Waals surface area contributed by atoms with Crippen LogP contribution in [0.15, 0.2) is 30.3 Å². The highest BCUT2D eigenvalue weighted by molar-refractivity contribution is 5.78. The third-order valence-electron chi connectivity index (χ3n) is 4.13. The van der Waals surface area contributed by atoms with Crippen molar-refractivity contribution < 1.29 is 13.5 Å². The molecule has 1 aliphatic rings. The fraction of sp³-hybridized carbons (Fsp3) is 0.353. The number of aryl methyl sites for hydroxylation is 1. The Bertz CT molecular complexity index is 905. The van der Waals surface area contributed by atoms with E-state index in [0.717, 1.165) is 0 Å². The molecule has 0 radical (unpaired) electrons. The molecule has 3 aromatic rings. The molecule has 1 saturated heterocycles. The van der Waals surface area contributed by atoms with Crippen LogP contribution >= 0.6 is 0 Å². The zero-order valence-electron chi connectivity index (χ0n) is 13.7. The summed E-state index contributed by atoms with van der Waals surface area (Å²) in [5.74, 6) is 0.613. The van der Waals surface area contributed by atoms with Crippen LogP contribution in [0.3, 0.4) is 0 Å². The second kappa shape index (κ2) is 6.36. The predicted molar refractivity (Wildman–Crippen MR) is 89.4 cm³/mol. The third-order valence-corrected chi connectivity index (χ3v) is 4.13. The van der Waals surface area contributed by atoms with Crippen LogP contribution in [-0.2, 0) is 4.74 Å². The smallest absolute Gasteiger partial charge is 0.296 e. The first kappa shape index (κ1) is 15.9. The van der Waals surface area contributed by atoms with Gasteiger partial charge in [0.25, 0.3) is 6.43 Å². The predicted octanol–water partition coefficient (Wildman–Crippen LogP) is 2.90. The van der Waals surface area contributed by atoms with Gasteiger partial charge >= 0.3 is 0 Å². The largest absolute Gasteiger partial charge is 0.378 e. The first-order valence-electron chi connectivity index (χ1n) is 8.08. The van der Waals surface area contributed by atoms with Crippen molar-refractivity contribution in [3.05, 3.63) is 41.9 Å². The molecule has 1 fully saturated rings. The van der Waals surface area contributed by atoms with Gasteiger partial charge in [-0.15, -0.1) is 0 Å². The number of ether oxygens (including phenoxy) is 1. The van der Waals surface area contributed by atoms with Gasteiger partial charge in [0, 0.05) is 24.8 Å². The average molecular weight is 345 g/mol. The maximum Gasteiger partial charge on any atom is 0.296 e. The molecule has 0 unspecified atom stereocenters. The number of fused-ring (bicyclic) bond motifs is 1. The van der Waals surface area contributed by atoms with Crippen molar-refractivity contribution in [2.24, 2.45) is 0 Å². The number of hydrogen-bond donors (Lipinski definition) is 0. The molecule has 0 bridgehead atoms. The first-order chi connectivity index (χ1) is 12.1. The quantitative estimate of drug-likeness (QED) is 0.731. The summed E-state index contributed by atoms with van der Waals surface area (Å²) < 4.78 is 33.9. The normalized spacial score (nSPS) is 15.3. The molecule has 130 valence electrons. The van der Waals surface area contributed by atoms with Gasteiger partial charge in [0.1, 0.15) is 5.82 Å². The maximum absolute atomic E-state index is 13.6. The lowest BCUT2D eigenvalue weighted by Gasteiger charge is -2.27. The first-order valence-corrected chi connectivity index (χ1v) is 8.08. The molecule has 0 spiro atoms. The summed E-state index contributed by atoms with van der Waals surface area (Å²) in [6.07, 6.45) is -2.70. The third kappa shape index (κ3) is 2.93. The minimum Gasteiger partial charge on any atom is -0.378 e. The molecule has 0 saturated carbocycles. The van der Waals surface area contributed by atoms with E-state index >= 15 is 0 Å². The molecule has 3 heterocycles. The fourth-order valence-corrected chi connectivity index (χ4v) is 2.99. The Morgan fingerprint density at radius 1 is 1.08 bits per heavy atom. The SMILES string of the molecule is Cc1cc(-n2c(C(F)F)nc3ccccc32)nc(N2CCOCC2)n1. The Kier molecular flexibility index (Phi) is 4.04. The molecule has 0 N–H and O–H groups in total. The molecule has 1 aromatic carbocycles. The van der Waals surface area contributed by atoms with E-state index in [1.807, 2.05) is 11.8 Å². The molecule has 8 heteroatoms. The number of anilines is 1. The van der Waals surface area contributed by atoms with Gasteiger partial charge in [0.2, 0.25) is 5.95 Å². The summed E-state index contributed by atoms with van der Waals surface area (Å²) in [6, 6.07) is 8.75. The van der Waals surface area contributed by atoms with Crippen molar-refractivity contribution in [1.29, 1.82) is 0 Å². The Hall–Kier alpha value is -2.61. The van der Waals surface area contributed by atoms with Gasteiger partial charge in [-0.05, 0) is 19.1 Å². The highest BCUT2D eigenvalue weighted by Crippen LogP contribution is 2.28. The lowest BCUT2D eigenvalue weighted by molar-refractivity contribution is 0.122. The van der Waals surface area contributed by atoms with Crippen LogP contribution in [0.5, 0.6) is 0 Å². The second-order valence-corrected chi connectivity index (χ2v) is 5.86. The lowest BCUT2D eigenvalue weighted by atomic mass is 10.3. The molecule has 0 aliphatic carbocycles. The number of morpholine rings is 1. The molecule has 0 atom stereocenters. The fourth-order valence-electron chi connectivity index (χ4n) is 2.99. The van der Waals surface area contributed by atoms with E-state index in [2.05, 4.69) is 15.0 Å².